The van der Waals surface area contributed by atoms with E-state index in [-0.39, 0.29) is 5.92 Å². The zero-order valence-corrected chi connectivity index (χ0v) is 10.9. The predicted octanol–water partition coefficient (Wildman–Crippen LogP) is 2.45. The summed E-state index contributed by atoms with van der Waals surface area (Å²) in [5.74, 6) is 0.479. The lowest BCUT2D eigenvalue weighted by molar-refractivity contribution is -0.137. The second-order valence-electron chi connectivity index (χ2n) is 4.82. The molecule has 0 aromatic heterocycles. The molecular weight excluding hydrogens is 202 g/mol. The van der Waals surface area contributed by atoms with Crippen LogP contribution in [0.15, 0.2) is 0 Å². The Morgan fingerprint density at radius 2 is 2.25 bits per heavy atom. The Morgan fingerprint density at radius 3 is 2.94 bits per heavy atom. The van der Waals surface area contributed by atoms with Gasteiger partial charge < -0.3 is 9.64 Å². The molecule has 94 valence electrons. The summed E-state index contributed by atoms with van der Waals surface area (Å²) in [6.45, 7) is 8.58. The van der Waals surface area contributed by atoms with Crippen LogP contribution in [0.2, 0.25) is 0 Å². The van der Waals surface area contributed by atoms with Crippen LogP contribution in [0, 0.1) is 5.92 Å². The van der Waals surface area contributed by atoms with Crippen LogP contribution in [0.5, 0.6) is 0 Å². The van der Waals surface area contributed by atoms with Gasteiger partial charge in [-0.25, -0.2) is 0 Å². The molecule has 0 unspecified atom stereocenters. The van der Waals surface area contributed by atoms with Gasteiger partial charge in [-0.1, -0.05) is 26.7 Å². The van der Waals surface area contributed by atoms with Crippen molar-refractivity contribution in [1.29, 1.82) is 0 Å². The van der Waals surface area contributed by atoms with Crippen LogP contribution in [0.4, 0.5) is 0 Å². The van der Waals surface area contributed by atoms with Gasteiger partial charge in [0, 0.05) is 25.1 Å². The van der Waals surface area contributed by atoms with Gasteiger partial charge in [-0.15, -0.1) is 0 Å². The molecule has 3 heteroatoms. The molecule has 0 spiro atoms. The van der Waals surface area contributed by atoms with Crippen molar-refractivity contribution >= 4 is 5.91 Å². The standard InChI is InChI=1S/C13H25NO2/c1-4-5-6-11(2)13(15)14-8-10-16-9-7-12(14)3/h11-12H,4-10H2,1-3H3/t11-,12-/m0/s1. The highest BCUT2D eigenvalue weighted by Crippen LogP contribution is 2.16. The van der Waals surface area contributed by atoms with E-state index in [9.17, 15) is 4.79 Å². The molecule has 0 radical (unpaired) electrons. The van der Waals surface area contributed by atoms with Gasteiger partial charge in [0.05, 0.1) is 6.61 Å². The molecule has 0 aromatic rings. The van der Waals surface area contributed by atoms with E-state index in [1.54, 1.807) is 0 Å². The quantitative estimate of drug-likeness (QED) is 0.738. The van der Waals surface area contributed by atoms with Gasteiger partial charge in [-0.2, -0.15) is 0 Å². The third-order valence-corrected chi connectivity index (χ3v) is 3.38. The van der Waals surface area contributed by atoms with Gasteiger partial charge >= 0.3 is 0 Å². The van der Waals surface area contributed by atoms with Crippen LogP contribution in [0.1, 0.15) is 46.5 Å². The number of hydrogen-bond donors (Lipinski definition) is 0. The van der Waals surface area contributed by atoms with Gasteiger partial charge in [0.1, 0.15) is 0 Å². The Hall–Kier alpha value is -0.570. The molecule has 1 fully saturated rings. The minimum atomic E-state index is 0.167. The van der Waals surface area contributed by atoms with Crippen molar-refractivity contribution in [2.75, 3.05) is 19.8 Å². The molecule has 0 bridgehead atoms. The van der Waals surface area contributed by atoms with E-state index in [2.05, 4.69) is 20.8 Å². The maximum absolute atomic E-state index is 12.2. The smallest absolute Gasteiger partial charge is 0.225 e. The Labute approximate surface area is 99.1 Å². The monoisotopic (exact) mass is 227 g/mol. The molecule has 0 N–H and O–H groups in total. The number of unbranched alkanes of at least 4 members (excludes halogenated alkanes) is 1. The van der Waals surface area contributed by atoms with Crippen LogP contribution in [0.3, 0.4) is 0 Å². The zero-order valence-electron chi connectivity index (χ0n) is 10.9. The first-order chi connectivity index (χ1) is 7.66. The number of carbonyl (C=O) groups is 1. The Bertz CT molecular complexity index is 218. The summed E-state index contributed by atoms with van der Waals surface area (Å²) in [5.41, 5.74) is 0. The molecule has 1 aliphatic rings. The van der Waals surface area contributed by atoms with E-state index in [4.69, 9.17) is 4.74 Å². The van der Waals surface area contributed by atoms with E-state index >= 15 is 0 Å². The maximum Gasteiger partial charge on any atom is 0.225 e. The Kier molecular flexibility index (Phi) is 5.81. The summed E-state index contributed by atoms with van der Waals surface area (Å²) in [5, 5.41) is 0. The fraction of sp³-hybridized carbons (Fsp3) is 0.923. The number of carbonyl (C=O) groups excluding carboxylic acids is 1. The van der Waals surface area contributed by atoms with Crippen molar-refractivity contribution in [3.05, 3.63) is 0 Å². The highest BCUT2D eigenvalue weighted by atomic mass is 16.5. The molecule has 1 aliphatic heterocycles. The first kappa shape index (κ1) is 13.5. The second kappa shape index (κ2) is 6.89. The highest BCUT2D eigenvalue weighted by Gasteiger charge is 2.25. The van der Waals surface area contributed by atoms with Gasteiger partial charge in [-0.05, 0) is 19.8 Å². The van der Waals surface area contributed by atoms with E-state index in [0.717, 1.165) is 38.8 Å². The first-order valence-electron chi connectivity index (χ1n) is 6.55. The molecule has 0 saturated carbocycles. The summed E-state index contributed by atoms with van der Waals surface area (Å²) in [4.78, 5) is 14.2. The maximum atomic E-state index is 12.2. The normalized spacial score (nSPS) is 23.9. The largest absolute Gasteiger partial charge is 0.380 e. The molecule has 0 aromatic carbocycles. The fourth-order valence-electron chi connectivity index (χ4n) is 2.14. The SMILES string of the molecule is CCCC[C@H](C)C(=O)N1CCOCC[C@@H]1C. The molecule has 1 saturated heterocycles. The number of rotatable bonds is 4. The van der Waals surface area contributed by atoms with Gasteiger partial charge in [0.25, 0.3) is 0 Å². The van der Waals surface area contributed by atoms with Gasteiger partial charge in [-0.3, -0.25) is 4.79 Å². The van der Waals surface area contributed by atoms with Gasteiger partial charge in [0.2, 0.25) is 5.91 Å². The van der Waals surface area contributed by atoms with Crippen molar-refractivity contribution in [3.63, 3.8) is 0 Å². The zero-order chi connectivity index (χ0) is 12.0. The summed E-state index contributed by atoms with van der Waals surface area (Å²) in [7, 11) is 0. The first-order valence-corrected chi connectivity index (χ1v) is 6.55. The van der Waals surface area contributed by atoms with Crippen LogP contribution in [-0.4, -0.2) is 36.6 Å². The summed E-state index contributed by atoms with van der Waals surface area (Å²) >= 11 is 0. The third kappa shape index (κ3) is 3.78. The molecule has 3 nitrogen and oxygen atoms in total. The minimum absolute atomic E-state index is 0.167. The van der Waals surface area contributed by atoms with Crippen molar-refractivity contribution < 1.29 is 9.53 Å². The van der Waals surface area contributed by atoms with Crippen LogP contribution in [-0.2, 0) is 9.53 Å². The van der Waals surface area contributed by atoms with Crippen LogP contribution >= 0.6 is 0 Å². The molecule has 1 heterocycles. The van der Waals surface area contributed by atoms with Crippen LogP contribution in [0.25, 0.3) is 0 Å². The summed E-state index contributed by atoms with van der Waals surface area (Å²) in [6.07, 6.45) is 4.29. The Morgan fingerprint density at radius 1 is 1.50 bits per heavy atom. The van der Waals surface area contributed by atoms with Crippen molar-refractivity contribution in [3.8, 4) is 0 Å². The van der Waals surface area contributed by atoms with E-state index < -0.39 is 0 Å². The van der Waals surface area contributed by atoms with E-state index in [1.807, 2.05) is 4.90 Å². The number of ether oxygens (including phenoxy) is 1. The lowest BCUT2D eigenvalue weighted by Gasteiger charge is -2.29. The van der Waals surface area contributed by atoms with Crippen molar-refractivity contribution in [2.45, 2.75) is 52.5 Å². The molecule has 1 rings (SSSR count). The lowest BCUT2D eigenvalue weighted by Crippen LogP contribution is -2.42. The molecule has 0 aliphatic carbocycles. The second-order valence-corrected chi connectivity index (χ2v) is 4.82. The van der Waals surface area contributed by atoms with E-state index in [1.165, 1.54) is 0 Å². The fourth-order valence-corrected chi connectivity index (χ4v) is 2.14. The van der Waals surface area contributed by atoms with Crippen LogP contribution < -0.4 is 0 Å². The average molecular weight is 227 g/mol. The summed E-state index contributed by atoms with van der Waals surface area (Å²) in [6, 6.07) is 0.332. The molecular formula is C13H25NO2. The predicted molar refractivity (Wildman–Crippen MR) is 65.3 cm³/mol. The lowest BCUT2D eigenvalue weighted by atomic mass is 10.0. The number of amides is 1. The minimum Gasteiger partial charge on any atom is -0.380 e. The van der Waals surface area contributed by atoms with Crippen molar-refractivity contribution in [1.82, 2.24) is 4.90 Å². The molecule has 1 amide bonds. The highest BCUT2D eigenvalue weighted by molar-refractivity contribution is 5.78. The topological polar surface area (TPSA) is 29.5 Å². The average Bonchev–Trinajstić information content (AvgIpc) is 2.49. The third-order valence-electron chi connectivity index (χ3n) is 3.38. The van der Waals surface area contributed by atoms with Gasteiger partial charge in [0.15, 0.2) is 0 Å². The Balaban J connectivity index is 2.49. The van der Waals surface area contributed by atoms with E-state index in [0.29, 0.717) is 18.6 Å². The molecule has 2 atom stereocenters. The van der Waals surface area contributed by atoms with Crippen molar-refractivity contribution in [2.24, 2.45) is 5.92 Å². The number of hydrogen-bond acceptors (Lipinski definition) is 2. The molecule has 16 heavy (non-hydrogen) atoms. The number of nitrogens with zero attached hydrogens (tertiary/aromatic N) is 1. The summed E-state index contributed by atoms with van der Waals surface area (Å²) < 4.78 is 5.41.